The van der Waals surface area contributed by atoms with Crippen molar-refractivity contribution in [3.8, 4) is 0 Å². The molecule has 1 fully saturated rings. The number of pyridine rings is 1. The third kappa shape index (κ3) is 8.67. The molecule has 42 heavy (non-hydrogen) atoms. The summed E-state index contributed by atoms with van der Waals surface area (Å²) < 4.78 is 35.7. The van der Waals surface area contributed by atoms with Gasteiger partial charge in [0.2, 0.25) is 0 Å². The predicted molar refractivity (Wildman–Crippen MR) is 164 cm³/mol. The lowest BCUT2D eigenvalue weighted by atomic mass is 10.1. The number of amides is 1. The Labute approximate surface area is 250 Å². The minimum Gasteiger partial charge on any atom is -0.389 e. The Balaban J connectivity index is 1.51. The van der Waals surface area contributed by atoms with E-state index in [1.807, 2.05) is 33.3 Å². The number of hydrogen-bond donors (Lipinski definition) is 1. The van der Waals surface area contributed by atoms with Gasteiger partial charge in [-0.05, 0) is 57.7 Å². The van der Waals surface area contributed by atoms with E-state index in [0.29, 0.717) is 53.7 Å². The Morgan fingerprint density at radius 3 is 2.60 bits per heavy atom. The molecule has 0 spiro atoms. The number of carbonyl (C=O) groups is 1. The van der Waals surface area contributed by atoms with Gasteiger partial charge in [-0.3, -0.25) is 10.1 Å². The van der Waals surface area contributed by atoms with E-state index in [2.05, 4.69) is 25.3 Å². The molecule has 0 saturated carbocycles. The molecule has 1 aliphatic rings. The highest BCUT2D eigenvalue weighted by molar-refractivity contribution is 7.91. The van der Waals surface area contributed by atoms with E-state index in [1.165, 1.54) is 30.6 Å². The molecule has 3 aromatic rings. The van der Waals surface area contributed by atoms with Crippen LogP contribution in [0.4, 0.5) is 10.9 Å². The van der Waals surface area contributed by atoms with E-state index in [0.717, 1.165) is 25.3 Å². The molecule has 1 atom stereocenters. The van der Waals surface area contributed by atoms with E-state index in [4.69, 9.17) is 19.3 Å². The molecule has 3 heterocycles. The summed E-state index contributed by atoms with van der Waals surface area (Å²) in [6.45, 7) is 3.14. The molecule has 4 rings (SSSR count). The maximum Gasteiger partial charge on any atom is 0.280 e. The van der Waals surface area contributed by atoms with Crippen molar-refractivity contribution in [1.82, 2.24) is 14.9 Å². The van der Waals surface area contributed by atoms with Crippen molar-refractivity contribution >= 4 is 54.1 Å². The molecule has 228 valence electrons. The third-order valence-electron chi connectivity index (χ3n) is 6.60. The molecule has 0 aliphatic carbocycles. The summed E-state index contributed by atoms with van der Waals surface area (Å²) in [7, 11) is 4.14. The summed E-state index contributed by atoms with van der Waals surface area (Å²) in [4.78, 5) is 33.4. The first-order valence-corrected chi connectivity index (χ1v) is 16.2. The molecule has 1 saturated heterocycles. The molecule has 1 N–H and O–H groups in total. The first kappa shape index (κ1) is 31.8. The van der Waals surface area contributed by atoms with Crippen molar-refractivity contribution in [1.29, 1.82) is 0 Å². The Morgan fingerprint density at radius 2 is 1.90 bits per heavy atom. The highest BCUT2D eigenvalue weighted by Gasteiger charge is 2.22. The number of ether oxygens (including phenoxy) is 2. The number of nitrogens with zero attached hydrogens (tertiary/aromatic N) is 5. The fraction of sp³-hybridized carbons (Fsp3) is 0.500. The van der Waals surface area contributed by atoms with Crippen LogP contribution in [-0.2, 0) is 28.9 Å². The van der Waals surface area contributed by atoms with Crippen molar-refractivity contribution in [2.45, 2.75) is 30.3 Å². The zero-order valence-corrected chi connectivity index (χ0v) is 26.0. The largest absolute Gasteiger partial charge is 0.389 e. The number of nitrogens with one attached hydrogen (secondary N) is 1. The molecule has 1 aromatic carbocycles. The molecular weight excluding hydrogens is 580 g/mol. The number of sulfone groups is 1. The second kappa shape index (κ2) is 14.8. The number of aromatic nitrogens is 2. The van der Waals surface area contributed by atoms with Gasteiger partial charge in [-0.1, -0.05) is 28.6 Å². The number of benzene rings is 1. The molecule has 0 unspecified atom stereocenters. The topological polar surface area (TPSA) is 136 Å². The van der Waals surface area contributed by atoms with Gasteiger partial charge in [0.15, 0.2) is 26.8 Å². The minimum atomic E-state index is -3.49. The van der Waals surface area contributed by atoms with Gasteiger partial charge < -0.3 is 24.1 Å². The van der Waals surface area contributed by atoms with Crippen LogP contribution in [0.3, 0.4) is 0 Å². The number of methoxy groups -OCH3 is 1. The highest BCUT2D eigenvalue weighted by atomic mass is 32.2. The lowest BCUT2D eigenvalue weighted by molar-refractivity contribution is -0.110. The van der Waals surface area contributed by atoms with Crippen LogP contribution < -0.4 is 10.2 Å². The lowest BCUT2D eigenvalue weighted by Gasteiger charge is -2.19. The average Bonchev–Trinajstić information content (AvgIpc) is 3.62. The molecule has 0 radical (unpaired) electrons. The average molecular weight is 619 g/mol. The maximum absolute atomic E-state index is 13.4. The fourth-order valence-electron chi connectivity index (χ4n) is 4.25. The fourth-order valence-corrected chi connectivity index (χ4v) is 6.36. The van der Waals surface area contributed by atoms with Gasteiger partial charge in [0.25, 0.3) is 5.91 Å². The number of hydrogen-bond acceptors (Lipinski definition) is 12. The molecule has 14 heteroatoms. The third-order valence-corrected chi connectivity index (χ3v) is 9.29. The standard InChI is InChI=1S/C28H38N6O6S2/c1-33(2)14-5-15-34(3)24-12-11-23-27(30-24)41-28(29-23)31-26(35)25(32-40-21-13-17-39-19-21)20-7-9-22(10-8-20)42(36,37)18-6-16-38-4/h7-12,21H,5-6,13-19H2,1-4H3,(H,29,31,35)/t21-/m1/s1. The molecule has 0 bridgehead atoms. The van der Waals surface area contributed by atoms with Crippen LogP contribution in [0.25, 0.3) is 10.3 Å². The van der Waals surface area contributed by atoms with Gasteiger partial charge in [-0.2, -0.15) is 0 Å². The molecular formula is C28H38N6O6S2. The SMILES string of the molecule is COCCCS(=O)(=O)c1ccc(C(=NO[C@@H]2CCOC2)C(=O)Nc2nc3ccc(N(C)CCCN(C)C)nc3s2)cc1. The number of oxime groups is 1. The Bertz CT molecular complexity index is 1470. The van der Waals surface area contributed by atoms with Crippen LogP contribution in [0.15, 0.2) is 46.4 Å². The van der Waals surface area contributed by atoms with Crippen LogP contribution >= 0.6 is 11.3 Å². The zero-order valence-electron chi connectivity index (χ0n) is 24.4. The zero-order chi connectivity index (χ0) is 30.1. The van der Waals surface area contributed by atoms with Crippen LogP contribution in [0.2, 0.25) is 0 Å². The van der Waals surface area contributed by atoms with Crippen molar-refractivity contribution in [3.05, 3.63) is 42.0 Å². The normalized spacial score (nSPS) is 15.8. The van der Waals surface area contributed by atoms with Gasteiger partial charge in [0.05, 0.1) is 23.9 Å². The summed E-state index contributed by atoms with van der Waals surface area (Å²) >= 11 is 1.26. The van der Waals surface area contributed by atoms with Crippen molar-refractivity contribution in [2.24, 2.45) is 5.16 Å². The first-order chi connectivity index (χ1) is 20.2. The molecule has 1 aliphatic heterocycles. The van der Waals surface area contributed by atoms with Gasteiger partial charge in [0.1, 0.15) is 16.2 Å². The van der Waals surface area contributed by atoms with E-state index in [-0.39, 0.29) is 22.5 Å². The minimum absolute atomic E-state index is 0.00115. The summed E-state index contributed by atoms with van der Waals surface area (Å²) in [5.74, 6) is 0.255. The van der Waals surface area contributed by atoms with Gasteiger partial charge in [0, 0.05) is 39.3 Å². The summed E-state index contributed by atoms with van der Waals surface area (Å²) in [5, 5.41) is 7.35. The highest BCUT2D eigenvalue weighted by Crippen LogP contribution is 2.27. The Hall–Kier alpha value is -3.17. The lowest BCUT2D eigenvalue weighted by Crippen LogP contribution is -2.25. The molecule has 2 aromatic heterocycles. The number of rotatable bonds is 15. The van der Waals surface area contributed by atoms with Crippen LogP contribution in [0.1, 0.15) is 24.8 Å². The summed E-state index contributed by atoms with van der Waals surface area (Å²) in [6.07, 6.45) is 1.78. The van der Waals surface area contributed by atoms with Crippen molar-refractivity contribution in [2.75, 3.05) is 77.1 Å². The van der Waals surface area contributed by atoms with Crippen LogP contribution in [0, 0.1) is 0 Å². The van der Waals surface area contributed by atoms with Gasteiger partial charge in [-0.15, -0.1) is 0 Å². The van der Waals surface area contributed by atoms with Gasteiger partial charge >= 0.3 is 0 Å². The van der Waals surface area contributed by atoms with E-state index in [9.17, 15) is 13.2 Å². The second-order valence-electron chi connectivity index (χ2n) is 10.3. The smallest absolute Gasteiger partial charge is 0.280 e. The van der Waals surface area contributed by atoms with Crippen LogP contribution in [-0.4, -0.2) is 108 Å². The van der Waals surface area contributed by atoms with Crippen LogP contribution in [0.5, 0.6) is 0 Å². The van der Waals surface area contributed by atoms with E-state index in [1.54, 1.807) is 12.1 Å². The van der Waals surface area contributed by atoms with Crippen molar-refractivity contribution < 1.29 is 27.5 Å². The molecule has 1 amide bonds. The van der Waals surface area contributed by atoms with E-state index >= 15 is 0 Å². The number of thiazole rings is 1. The Kier molecular flexibility index (Phi) is 11.2. The predicted octanol–water partition coefficient (Wildman–Crippen LogP) is 3.04. The monoisotopic (exact) mass is 618 g/mol. The van der Waals surface area contributed by atoms with Gasteiger partial charge in [-0.25, -0.2) is 18.4 Å². The summed E-state index contributed by atoms with van der Waals surface area (Å²) in [5.41, 5.74) is 1.07. The summed E-state index contributed by atoms with van der Waals surface area (Å²) in [6, 6.07) is 9.84. The number of fused-ring (bicyclic) bond motifs is 1. The first-order valence-electron chi connectivity index (χ1n) is 13.7. The number of carbonyl (C=O) groups excluding carboxylic acids is 1. The quantitative estimate of drug-likeness (QED) is 0.154. The Morgan fingerprint density at radius 1 is 1.12 bits per heavy atom. The second-order valence-corrected chi connectivity index (χ2v) is 13.4. The van der Waals surface area contributed by atoms with Crippen molar-refractivity contribution in [3.63, 3.8) is 0 Å². The molecule has 12 nitrogen and oxygen atoms in total. The maximum atomic E-state index is 13.4. The van der Waals surface area contributed by atoms with E-state index < -0.39 is 15.7 Å². The number of anilines is 2.